The van der Waals surface area contributed by atoms with Crippen LogP contribution in [0.3, 0.4) is 0 Å². The maximum atomic E-state index is 13.4. The van der Waals surface area contributed by atoms with Crippen molar-refractivity contribution in [1.82, 2.24) is 9.88 Å². The average Bonchev–Trinajstić information content (AvgIpc) is 2.92. The lowest BCUT2D eigenvalue weighted by molar-refractivity contribution is -0.134. The van der Waals surface area contributed by atoms with Crippen molar-refractivity contribution < 1.29 is 9.18 Å². The van der Waals surface area contributed by atoms with Crippen molar-refractivity contribution in [3.63, 3.8) is 0 Å². The highest BCUT2D eigenvalue weighted by atomic mass is 35.5. The van der Waals surface area contributed by atoms with Gasteiger partial charge in [0.15, 0.2) is 0 Å². The van der Waals surface area contributed by atoms with Crippen LogP contribution in [0, 0.1) is 11.7 Å². The summed E-state index contributed by atoms with van der Waals surface area (Å²) in [6.45, 7) is 6.30. The van der Waals surface area contributed by atoms with E-state index in [4.69, 9.17) is 34.8 Å². The normalized spacial score (nSPS) is 17.4. The van der Waals surface area contributed by atoms with Crippen LogP contribution >= 0.6 is 34.8 Å². The van der Waals surface area contributed by atoms with Gasteiger partial charge in [-0.15, -0.1) is 0 Å². The predicted octanol–water partition coefficient (Wildman–Crippen LogP) is 5.88. The first-order valence-electron chi connectivity index (χ1n) is 10.0. The number of aryl methyl sites for hydroxylation is 1. The Labute approximate surface area is 191 Å². The second-order valence-corrected chi connectivity index (χ2v) is 9.12. The number of anilines is 1. The van der Waals surface area contributed by atoms with Gasteiger partial charge in [0.25, 0.3) is 0 Å². The number of pyridine rings is 1. The summed E-state index contributed by atoms with van der Waals surface area (Å²) in [4.78, 5) is 21.3. The van der Waals surface area contributed by atoms with Gasteiger partial charge in [0.1, 0.15) is 5.82 Å². The number of halogens is 4. The van der Waals surface area contributed by atoms with E-state index in [-0.39, 0.29) is 22.9 Å². The third kappa shape index (κ3) is 5.37. The van der Waals surface area contributed by atoms with Crippen LogP contribution in [0.1, 0.15) is 32.3 Å². The molecular weight excluding hydrogens is 448 g/mol. The Bertz CT molecular complexity index is 889. The fourth-order valence-corrected chi connectivity index (χ4v) is 4.70. The number of aromatic nitrogens is 1. The summed E-state index contributed by atoms with van der Waals surface area (Å²) in [5.74, 6) is -0.107. The monoisotopic (exact) mass is 471 g/mol. The molecule has 0 unspecified atom stereocenters. The van der Waals surface area contributed by atoms with Gasteiger partial charge in [0.2, 0.25) is 5.91 Å². The number of nitrogens with zero attached hydrogens (tertiary/aromatic N) is 3. The van der Waals surface area contributed by atoms with Crippen LogP contribution in [-0.2, 0) is 11.2 Å². The number of benzene rings is 1. The lowest BCUT2D eigenvalue weighted by Gasteiger charge is -2.35. The molecule has 1 aliphatic heterocycles. The van der Waals surface area contributed by atoms with E-state index < -0.39 is 5.82 Å². The molecule has 8 heteroatoms. The van der Waals surface area contributed by atoms with Crippen molar-refractivity contribution in [2.75, 3.05) is 24.5 Å². The molecule has 0 spiro atoms. The van der Waals surface area contributed by atoms with Gasteiger partial charge in [-0.1, -0.05) is 54.7 Å². The second-order valence-electron chi connectivity index (χ2n) is 7.90. The van der Waals surface area contributed by atoms with E-state index in [2.05, 4.69) is 23.7 Å². The van der Waals surface area contributed by atoms with Crippen LogP contribution in [0.4, 0.5) is 10.1 Å². The molecule has 3 rings (SSSR count). The molecule has 1 aliphatic rings. The summed E-state index contributed by atoms with van der Waals surface area (Å²) in [6, 6.07) is 4.62. The Hall–Kier alpha value is -1.56. The molecule has 0 aliphatic carbocycles. The summed E-state index contributed by atoms with van der Waals surface area (Å²) >= 11 is 18.6. The van der Waals surface area contributed by atoms with E-state index in [1.54, 1.807) is 24.5 Å². The van der Waals surface area contributed by atoms with Crippen molar-refractivity contribution in [3.05, 3.63) is 57.0 Å². The first-order chi connectivity index (χ1) is 14.3. The van der Waals surface area contributed by atoms with Gasteiger partial charge < -0.3 is 9.80 Å². The SMILES string of the molecule is CC(C)[C@H]1CN(c2c(Cl)cncc2Cl)CCCN1C(=O)CCc1ccc(F)c(Cl)c1. The largest absolute Gasteiger partial charge is 0.367 e. The topological polar surface area (TPSA) is 36.4 Å². The maximum absolute atomic E-state index is 13.4. The lowest BCUT2D eigenvalue weighted by atomic mass is 10.0. The Morgan fingerprint density at radius 3 is 2.50 bits per heavy atom. The number of hydrogen-bond donors (Lipinski definition) is 0. The van der Waals surface area contributed by atoms with Gasteiger partial charge >= 0.3 is 0 Å². The molecule has 1 fully saturated rings. The van der Waals surface area contributed by atoms with Crippen molar-refractivity contribution in [2.24, 2.45) is 5.92 Å². The third-order valence-electron chi connectivity index (χ3n) is 5.48. The van der Waals surface area contributed by atoms with E-state index in [1.807, 2.05) is 4.90 Å². The molecule has 1 aromatic heterocycles. The van der Waals surface area contributed by atoms with Gasteiger partial charge in [-0.2, -0.15) is 0 Å². The van der Waals surface area contributed by atoms with Gasteiger partial charge in [-0.05, 0) is 36.5 Å². The first kappa shape index (κ1) is 23.1. The predicted molar refractivity (Wildman–Crippen MR) is 121 cm³/mol. The van der Waals surface area contributed by atoms with Crippen LogP contribution < -0.4 is 4.90 Å². The summed E-state index contributed by atoms with van der Waals surface area (Å²) in [5.41, 5.74) is 1.62. The van der Waals surface area contributed by atoms with Crippen LogP contribution in [-0.4, -0.2) is 41.5 Å². The zero-order chi connectivity index (χ0) is 21.8. The molecule has 4 nitrogen and oxygen atoms in total. The van der Waals surface area contributed by atoms with E-state index in [0.29, 0.717) is 36.0 Å². The van der Waals surface area contributed by atoms with Gasteiger partial charge in [0, 0.05) is 38.4 Å². The fourth-order valence-electron chi connectivity index (χ4n) is 3.89. The molecule has 0 saturated carbocycles. The van der Waals surface area contributed by atoms with E-state index in [1.165, 1.54) is 6.07 Å². The smallest absolute Gasteiger partial charge is 0.223 e. The van der Waals surface area contributed by atoms with Crippen molar-refractivity contribution in [3.8, 4) is 0 Å². The molecule has 1 aromatic carbocycles. The molecule has 1 saturated heterocycles. The summed E-state index contributed by atoms with van der Waals surface area (Å²) in [6.07, 6.45) is 4.86. The second kappa shape index (κ2) is 10.2. The number of amides is 1. The first-order valence-corrected chi connectivity index (χ1v) is 11.2. The van der Waals surface area contributed by atoms with Crippen LogP contribution in [0.5, 0.6) is 0 Å². The molecule has 2 aromatic rings. The molecule has 30 heavy (non-hydrogen) atoms. The molecule has 1 amide bonds. The third-order valence-corrected chi connectivity index (χ3v) is 6.32. The zero-order valence-corrected chi connectivity index (χ0v) is 19.3. The van der Waals surface area contributed by atoms with E-state index in [9.17, 15) is 9.18 Å². The Morgan fingerprint density at radius 1 is 1.17 bits per heavy atom. The molecule has 2 heterocycles. The highest BCUT2D eigenvalue weighted by molar-refractivity contribution is 6.38. The standard InChI is InChI=1S/C22H25Cl3FN3O/c1-14(2)20-13-28(22-17(24)11-27-12-18(22)25)8-3-9-29(20)21(30)7-5-15-4-6-19(26)16(23)10-15/h4,6,10-12,14,20H,3,5,7-9,13H2,1-2H3/t20-/m1/s1. The minimum atomic E-state index is -0.451. The van der Waals surface area contributed by atoms with Gasteiger partial charge in [-0.25, -0.2) is 4.39 Å². The molecule has 0 radical (unpaired) electrons. The molecule has 1 atom stereocenters. The zero-order valence-electron chi connectivity index (χ0n) is 17.0. The summed E-state index contributed by atoms with van der Waals surface area (Å²) in [7, 11) is 0. The molecule has 0 N–H and O–H groups in total. The summed E-state index contributed by atoms with van der Waals surface area (Å²) < 4.78 is 13.4. The minimum absolute atomic E-state index is 0.0251. The highest BCUT2D eigenvalue weighted by Crippen LogP contribution is 2.34. The minimum Gasteiger partial charge on any atom is -0.367 e. The van der Waals surface area contributed by atoms with Gasteiger partial charge in [-0.3, -0.25) is 9.78 Å². The molecule has 162 valence electrons. The fraction of sp³-hybridized carbons (Fsp3) is 0.455. The number of carbonyl (C=O) groups is 1. The number of hydrogen-bond acceptors (Lipinski definition) is 3. The van der Waals surface area contributed by atoms with Crippen LogP contribution in [0.15, 0.2) is 30.6 Å². The van der Waals surface area contributed by atoms with Crippen molar-refractivity contribution >= 4 is 46.4 Å². The quantitative estimate of drug-likeness (QED) is 0.545. The average molecular weight is 473 g/mol. The number of rotatable bonds is 5. The van der Waals surface area contributed by atoms with Crippen LogP contribution in [0.2, 0.25) is 15.1 Å². The highest BCUT2D eigenvalue weighted by Gasteiger charge is 2.31. The van der Waals surface area contributed by atoms with Crippen molar-refractivity contribution in [2.45, 2.75) is 39.2 Å². The van der Waals surface area contributed by atoms with Crippen molar-refractivity contribution in [1.29, 1.82) is 0 Å². The molecule has 0 bridgehead atoms. The Kier molecular flexibility index (Phi) is 7.83. The van der Waals surface area contributed by atoms with E-state index >= 15 is 0 Å². The Balaban J connectivity index is 1.74. The van der Waals surface area contributed by atoms with Gasteiger partial charge in [0.05, 0.1) is 26.8 Å². The number of carbonyl (C=O) groups excluding carboxylic acids is 1. The molecular formula is C22H25Cl3FN3O. The maximum Gasteiger partial charge on any atom is 0.223 e. The Morgan fingerprint density at radius 2 is 1.87 bits per heavy atom. The van der Waals surface area contributed by atoms with Crippen LogP contribution in [0.25, 0.3) is 0 Å². The van der Waals surface area contributed by atoms with E-state index in [0.717, 1.165) is 24.2 Å². The summed E-state index contributed by atoms with van der Waals surface area (Å²) in [5, 5.41) is 1.10. The lowest BCUT2D eigenvalue weighted by Crippen LogP contribution is -2.47.